The van der Waals surface area contributed by atoms with Crippen molar-refractivity contribution in [2.45, 2.75) is 24.2 Å². The van der Waals surface area contributed by atoms with Gasteiger partial charge in [-0.15, -0.1) is 10.2 Å². The molecule has 3 heterocycles. The normalized spacial score (nSPS) is 19.9. The summed E-state index contributed by atoms with van der Waals surface area (Å²) in [4.78, 5) is 0. The second-order valence-corrected chi connectivity index (χ2v) is 4.80. The van der Waals surface area contributed by atoms with Crippen LogP contribution in [0.1, 0.15) is 12.8 Å². The summed E-state index contributed by atoms with van der Waals surface area (Å²) in [7, 11) is 0. The Morgan fingerprint density at radius 2 is 2.41 bits per heavy atom. The average molecular weight is 252 g/mol. The molecule has 0 saturated carbocycles. The molecule has 0 aromatic carbocycles. The van der Waals surface area contributed by atoms with Crippen molar-refractivity contribution < 1.29 is 13.6 Å². The maximum Gasteiger partial charge on any atom is 0.276 e. The first-order chi connectivity index (χ1) is 8.42. The molecule has 90 valence electrons. The fraction of sp³-hybridized carbons (Fsp3) is 0.455. The van der Waals surface area contributed by atoms with E-state index in [0.29, 0.717) is 17.2 Å². The van der Waals surface area contributed by atoms with Crippen LogP contribution < -0.4 is 0 Å². The molecule has 17 heavy (non-hydrogen) atoms. The van der Waals surface area contributed by atoms with Gasteiger partial charge in [-0.1, -0.05) is 11.8 Å². The molecule has 2 aromatic rings. The Morgan fingerprint density at radius 1 is 1.41 bits per heavy atom. The lowest BCUT2D eigenvalue weighted by Crippen LogP contribution is -2.07. The molecular weight excluding hydrogens is 240 g/mol. The van der Waals surface area contributed by atoms with Gasteiger partial charge in [-0.05, 0) is 18.9 Å². The highest BCUT2D eigenvalue weighted by Gasteiger charge is 2.17. The molecule has 0 bridgehead atoms. The minimum absolute atomic E-state index is 0.323. The smallest absolute Gasteiger partial charge is 0.276 e. The van der Waals surface area contributed by atoms with Gasteiger partial charge in [-0.25, -0.2) is 0 Å². The maximum atomic E-state index is 5.53. The van der Waals surface area contributed by atoms with E-state index in [2.05, 4.69) is 10.2 Å². The van der Waals surface area contributed by atoms with Crippen LogP contribution in [-0.4, -0.2) is 28.7 Å². The third-order valence-electron chi connectivity index (χ3n) is 2.59. The Kier molecular flexibility index (Phi) is 3.15. The zero-order valence-electron chi connectivity index (χ0n) is 9.17. The Morgan fingerprint density at radius 3 is 3.18 bits per heavy atom. The molecular formula is C11H12N2O3S. The molecule has 1 saturated heterocycles. The summed E-state index contributed by atoms with van der Waals surface area (Å²) in [6, 6.07) is 1.79. The van der Waals surface area contributed by atoms with Crippen molar-refractivity contribution in [2.75, 3.05) is 12.4 Å². The molecule has 0 spiro atoms. The van der Waals surface area contributed by atoms with Crippen molar-refractivity contribution in [3.63, 3.8) is 0 Å². The Bertz CT molecular complexity index is 463. The van der Waals surface area contributed by atoms with Crippen LogP contribution in [0.3, 0.4) is 0 Å². The minimum Gasteiger partial charge on any atom is -0.472 e. The zero-order chi connectivity index (χ0) is 11.5. The summed E-state index contributed by atoms with van der Waals surface area (Å²) < 4.78 is 16.0. The molecule has 3 rings (SSSR count). The van der Waals surface area contributed by atoms with Gasteiger partial charge in [0.2, 0.25) is 0 Å². The van der Waals surface area contributed by atoms with Gasteiger partial charge in [-0.2, -0.15) is 0 Å². The standard InChI is InChI=1S/C11H12N2O3S/c1-2-9(15-4-1)7-17-11-13-12-10(16-11)8-3-5-14-6-8/h3,5-6,9H,1-2,4,7H2. The number of hydrogen-bond acceptors (Lipinski definition) is 6. The van der Waals surface area contributed by atoms with E-state index in [9.17, 15) is 0 Å². The summed E-state index contributed by atoms with van der Waals surface area (Å²) in [6.45, 7) is 0.870. The topological polar surface area (TPSA) is 61.3 Å². The van der Waals surface area contributed by atoms with E-state index in [4.69, 9.17) is 13.6 Å². The lowest BCUT2D eigenvalue weighted by molar-refractivity contribution is 0.128. The SMILES string of the molecule is c1cc(-c2nnc(SCC3CCCO3)o2)co1. The molecule has 0 amide bonds. The predicted octanol–water partition coefficient (Wildman–Crippen LogP) is 2.60. The highest BCUT2D eigenvalue weighted by molar-refractivity contribution is 7.99. The van der Waals surface area contributed by atoms with Gasteiger partial charge in [0.15, 0.2) is 0 Å². The van der Waals surface area contributed by atoms with Crippen LogP contribution >= 0.6 is 11.8 Å². The van der Waals surface area contributed by atoms with Crippen molar-refractivity contribution in [2.24, 2.45) is 0 Å². The van der Waals surface area contributed by atoms with Gasteiger partial charge < -0.3 is 13.6 Å². The average Bonchev–Trinajstić information content (AvgIpc) is 3.09. The summed E-state index contributed by atoms with van der Waals surface area (Å²) in [6.07, 6.45) is 5.76. The van der Waals surface area contributed by atoms with Gasteiger partial charge in [0.25, 0.3) is 11.1 Å². The summed E-state index contributed by atoms with van der Waals surface area (Å²) in [5, 5.41) is 8.53. The first-order valence-corrected chi connectivity index (χ1v) is 6.51. The van der Waals surface area contributed by atoms with Crippen molar-refractivity contribution in [3.05, 3.63) is 18.6 Å². The molecule has 1 atom stereocenters. The highest BCUT2D eigenvalue weighted by Crippen LogP contribution is 2.26. The number of furan rings is 1. The molecule has 0 aliphatic carbocycles. The van der Waals surface area contributed by atoms with Gasteiger partial charge in [-0.3, -0.25) is 0 Å². The molecule has 1 aliphatic heterocycles. The first-order valence-electron chi connectivity index (χ1n) is 5.52. The number of aromatic nitrogens is 2. The molecule has 5 nitrogen and oxygen atoms in total. The fourth-order valence-corrected chi connectivity index (χ4v) is 2.54. The largest absolute Gasteiger partial charge is 0.472 e. The summed E-state index contributed by atoms with van der Waals surface area (Å²) in [5.74, 6) is 1.36. The van der Waals surface area contributed by atoms with Crippen LogP contribution in [0, 0.1) is 0 Å². The fourth-order valence-electron chi connectivity index (χ4n) is 1.71. The third-order valence-corrected chi connectivity index (χ3v) is 3.54. The monoisotopic (exact) mass is 252 g/mol. The zero-order valence-corrected chi connectivity index (χ0v) is 9.98. The Hall–Kier alpha value is -1.27. The van der Waals surface area contributed by atoms with Crippen LogP contribution in [0.25, 0.3) is 11.5 Å². The van der Waals surface area contributed by atoms with Crippen molar-refractivity contribution in [3.8, 4) is 11.5 Å². The first kappa shape index (κ1) is 10.9. The van der Waals surface area contributed by atoms with Crippen LogP contribution in [0.5, 0.6) is 0 Å². The molecule has 1 aliphatic rings. The van der Waals surface area contributed by atoms with Crippen LogP contribution in [0.4, 0.5) is 0 Å². The second kappa shape index (κ2) is 4.93. The van der Waals surface area contributed by atoms with Crippen LogP contribution in [0.2, 0.25) is 0 Å². The lowest BCUT2D eigenvalue weighted by atomic mass is 10.3. The van der Waals surface area contributed by atoms with E-state index in [1.807, 2.05) is 0 Å². The summed E-state index contributed by atoms with van der Waals surface area (Å²) >= 11 is 1.54. The number of nitrogens with zero attached hydrogens (tertiary/aromatic N) is 2. The molecule has 2 aromatic heterocycles. The van der Waals surface area contributed by atoms with Gasteiger partial charge >= 0.3 is 0 Å². The van der Waals surface area contributed by atoms with E-state index < -0.39 is 0 Å². The van der Waals surface area contributed by atoms with Crippen LogP contribution in [0.15, 0.2) is 32.6 Å². The second-order valence-electron chi connectivity index (χ2n) is 3.83. The number of rotatable bonds is 4. The molecule has 0 radical (unpaired) electrons. The molecule has 6 heteroatoms. The highest BCUT2D eigenvalue weighted by atomic mass is 32.2. The quantitative estimate of drug-likeness (QED) is 0.779. The maximum absolute atomic E-state index is 5.53. The van der Waals surface area contributed by atoms with Gasteiger partial charge in [0.05, 0.1) is 17.9 Å². The van der Waals surface area contributed by atoms with E-state index >= 15 is 0 Å². The number of thioether (sulfide) groups is 1. The van der Waals surface area contributed by atoms with Crippen LogP contribution in [-0.2, 0) is 4.74 Å². The Labute approximate surface area is 103 Å². The van der Waals surface area contributed by atoms with E-state index in [-0.39, 0.29) is 0 Å². The molecule has 1 fully saturated rings. The molecule has 0 N–H and O–H groups in total. The van der Waals surface area contributed by atoms with E-state index in [0.717, 1.165) is 30.8 Å². The van der Waals surface area contributed by atoms with Gasteiger partial charge in [0.1, 0.15) is 6.26 Å². The number of hydrogen-bond donors (Lipinski definition) is 0. The molecule has 1 unspecified atom stereocenters. The van der Waals surface area contributed by atoms with Gasteiger partial charge in [0, 0.05) is 12.4 Å². The van der Waals surface area contributed by atoms with Crippen molar-refractivity contribution in [1.82, 2.24) is 10.2 Å². The third kappa shape index (κ3) is 2.53. The summed E-state index contributed by atoms with van der Waals surface area (Å²) in [5.41, 5.74) is 0.807. The Balaban J connectivity index is 1.60. The minimum atomic E-state index is 0.323. The van der Waals surface area contributed by atoms with E-state index in [1.165, 1.54) is 11.8 Å². The number of ether oxygens (including phenoxy) is 1. The lowest BCUT2D eigenvalue weighted by Gasteiger charge is -2.05. The van der Waals surface area contributed by atoms with E-state index in [1.54, 1.807) is 18.6 Å². The van der Waals surface area contributed by atoms with Crippen molar-refractivity contribution >= 4 is 11.8 Å². The van der Waals surface area contributed by atoms with Crippen molar-refractivity contribution in [1.29, 1.82) is 0 Å². The predicted molar refractivity (Wildman–Crippen MR) is 61.7 cm³/mol.